The minimum Gasteiger partial charge on any atom is -0.448 e. The third kappa shape index (κ3) is 5.64. The van der Waals surface area contributed by atoms with Gasteiger partial charge in [-0.05, 0) is 59.3 Å². The van der Waals surface area contributed by atoms with Gasteiger partial charge in [0.25, 0.3) is 0 Å². The van der Waals surface area contributed by atoms with E-state index in [1.54, 1.807) is 19.9 Å². The zero-order valence-electron chi connectivity index (χ0n) is 19.3. The molecule has 0 spiro atoms. The lowest BCUT2D eigenvalue weighted by Gasteiger charge is -2.38. The summed E-state index contributed by atoms with van der Waals surface area (Å²) < 4.78 is 16.8. The van der Waals surface area contributed by atoms with Gasteiger partial charge in [-0.1, -0.05) is 16.4 Å². The number of carbonyl (C=O) groups is 3. The fraction of sp³-hybridized carbons (Fsp3) is 0.619. The molecule has 0 aliphatic heterocycles. The minimum atomic E-state index is -0.832. The molecule has 0 unspecified atom stereocenters. The smallest absolute Gasteiger partial charge is 0.436 e. The van der Waals surface area contributed by atoms with E-state index in [0.29, 0.717) is 23.5 Å². The van der Waals surface area contributed by atoms with Gasteiger partial charge in [-0.3, -0.25) is 5.32 Å². The molecule has 2 fully saturated rings. The normalized spacial score (nSPS) is 20.8. The van der Waals surface area contributed by atoms with Crippen LogP contribution >= 0.6 is 11.3 Å². The standard InChI is InChI=1S/C21H28N6O6S/c1-4-31-20(30)27-16(22-17(28)33-19-25-24-12(2)34-19)11-15(26-27)13-6-7-14(10-13)32-18(29)23-21(3)8-5-9-21/h11,13-14H,4-10H2,1-3H3,(H,22,28)(H,23,29)/t13-,14+/m0/s1. The van der Waals surface area contributed by atoms with Gasteiger partial charge in [0.05, 0.1) is 12.3 Å². The fourth-order valence-corrected chi connectivity index (χ4v) is 4.65. The number of hydrogen-bond donors (Lipinski definition) is 2. The Labute approximate surface area is 200 Å². The lowest BCUT2D eigenvalue weighted by atomic mass is 9.79. The number of aryl methyl sites for hydroxylation is 1. The molecule has 0 bridgehead atoms. The van der Waals surface area contributed by atoms with Crippen LogP contribution in [0.5, 0.6) is 5.19 Å². The molecule has 2 N–H and O–H groups in total. The van der Waals surface area contributed by atoms with E-state index in [0.717, 1.165) is 41.7 Å². The molecule has 0 aromatic carbocycles. The van der Waals surface area contributed by atoms with E-state index in [2.05, 4.69) is 25.9 Å². The second-order valence-electron chi connectivity index (χ2n) is 8.74. The number of ether oxygens (including phenoxy) is 3. The van der Waals surface area contributed by atoms with Gasteiger partial charge >= 0.3 is 23.5 Å². The van der Waals surface area contributed by atoms with Crippen LogP contribution in [0.3, 0.4) is 0 Å². The molecule has 2 amide bonds. The molecule has 4 rings (SSSR count). The van der Waals surface area contributed by atoms with Gasteiger partial charge in [0.2, 0.25) is 0 Å². The zero-order chi connectivity index (χ0) is 24.3. The third-order valence-corrected chi connectivity index (χ3v) is 6.74. The number of nitrogens with one attached hydrogen (secondary N) is 2. The van der Waals surface area contributed by atoms with E-state index in [4.69, 9.17) is 14.2 Å². The van der Waals surface area contributed by atoms with E-state index in [9.17, 15) is 14.4 Å². The van der Waals surface area contributed by atoms with Crippen LogP contribution in [0.1, 0.15) is 69.0 Å². The highest BCUT2D eigenvalue weighted by Gasteiger charge is 2.36. The van der Waals surface area contributed by atoms with Gasteiger partial charge in [0.1, 0.15) is 16.9 Å². The first-order valence-electron chi connectivity index (χ1n) is 11.3. The second-order valence-corrected chi connectivity index (χ2v) is 9.89. The highest BCUT2D eigenvalue weighted by molar-refractivity contribution is 7.13. The summed E-state index contributed by atoms with van der Waals surface area (Å²) in [6, 6.07) is 1.60. The van der Waals surface area contributed by atoms with E-state index in [1.165, 1.54) is 0 Å². The molecule has 2 aromatic heterocycles. The largest absolute Gasteiger partial charge is 0.448 e. The molecule has 2 aromatic rings. The van der Waals surface area contributed by atoms with Crippen LogP contribution in [0.4, 0.5) is 20.2 Å². The van der Waals surface area contributed by atoms with Gasteiger partial charge in [-0.15, -0.1) is 9.78 Å². The molecule has 34 heavy (non-hydrogen) atoms. The Balaban J connectivity index is 1.40. The van der Waals surface area contributed by atoms with Crippen LogP contribution in [0.2, 0.25) is 0 Å². The molecule has 184 valence electrons. The molecule has 13 heteroatoms. The van der Waals surface area contributed by atoms with Gasteiger partial charge in [0.15, 0.2) is 0 Å². The monoisotopic (exact) mass is 492 g/mol. The van der Waals surface area contributed by atoms with Gasteiger partial charge < -0.3 is 19.5 Å². The van der Waals surface area contributed by atoms with Gasteiger partial charge in [0, 0.05) is 17.5 Å². The molecule has 2 aliphatic rings. The van der Waals surface area contributed by atoms with Gasteiger partial charge in [-0.2, -0.15) is 5.10 Å². The van der Waals surface area contributed by atoms with Crippen molar-refractivity contribution >= 4 is 35.4 Å². The summed E-state index contributed by atoms with van der Waals surface area (Å²) in [5.74, 6) is 0.0647. The summed E-state index contributed by atoms with van der Waals surface area (Å²) in [5.41, 5.74) is 0.420. The van der Waals surface area contributed by atoms with Gasteiger partial charge in [-0.25, -0.2) is 14.4 Å². The fourth-order valence-electron chi connectivity index (χ4n) is 4.12. The van der Waals surface area contributed by atoms with E-state index < -0.39 is 18.3 Å². The van der Waals surface area contributed by atoms with E-state index >= 15 is 0 Å². The first kappa shape index (κ1) is 23.9. The van der Waals surface area contributed by atoms with Crippen molar-refractivity contribution in [1.29, 1.82) is 0 Å². The third-order valence-electron chi connectivity index (χ3n) is 6.02. The Bertz CT molecular complexity index is 1060. The van der Waals surface area contributed by atoms with Crippen molar-refractivity contribution in [3.63, 3.8) is 0 Å². The van der Waals surface area contributed by atoms with Crippen LogP contribution in [-0.4, -0.2) is 56.5 Å². The first-order chi connectivity index (χ1) is 16.2. The molecule has 12 nitrogen and oxygen atoms in total. The lowest BCUT2D eigenvalue weighted by Crippen LogP contribution is -2.51. The van der Waals surface area contributed by atoms with Crippen LogP contribution in [0.15, 0.2) is 6.07 Å². The SMILES string of the molecule is CCOC(=O)n1nc([C@H]2CC[C@@H](OC(=O)NC3(C)CCC3)C2)cc1NC(=O)Oc1nnc(C)s1. The predicted octanol–water partition coefficient (Wildman–Crippen LogP) is 3.96. The average molecular weight is 493 g/mol. The minimum absolute atomic E-state index is 0.0462. The molecule has 2 aliphatic carbocycles. The van der Waals surface area contributed by atoms with E-state index in [-0.39, 0.29) is 35.2 Å². The van der Waals surface area contributed by atoms with E-state index in [1.807, 2.05) is 6.92 Å². The molecule has 2 heterocycles. The average Bonchev–Trinajstić information content (AvgIpc) is 3.47. The Kier molecular flexibility index (Phi) is 7.00. The molecule has 0 radical (unpaired) electrons. The summed E-state index contributed by atoms with van der Waals surface area (Å²) in [4.78, 5) is 37.0. The van der Waals surface area contributed by atoms with Crippen LogP contribution < -0.4 is 15.4 Å². The Morgan fingerprint density at radius 3 is 2.68 bits per heavy atom. The molecular formula is C21H28N6O6S. The molecule has 2 saturated carbocycles. The van der Waals surface area contributed by atoms with Crippen molar-refractivity contribution in [3.8, 4) is 5.19 Å². The first-order valence-corrected chi connectivity index (χ1v) is 12.1. The highest BCUT2D eigenvalue weighted by atomic mass is 32.1. The summed E-state index contributed by atoms with van der Waals surface area (Å²) >= 11 is 1.12. The molecule has 2 atom stereocenters. The summed E-state index contributed by atoms with van der Waals surface area (Å²) in [7, 11) is 0. The van der Waals surface area contributed by atoms with Crippen molar-refractivity contribution < 1.29 is 28.6 Å². The van der Waals surface area contributed by atoms with Crippen LogP contribution in [0, 0.1) is 6.92 Å². The summed E-state index contributed by atoms with van der Waals surface area (Å²) in [5, 5.41) is 18.1. The summed E-state index contributed by atoms with van der Waals surface area (Å²) in [6.07, 6.45) is 2.79. The highest BCUT2D eigenvalue weighted by Crippen LogP contribution is 2.37. The molecule has 0 saturated heterocycles. The number of anilines is 1. The van der Waals surface area contributed by atoms with Crippen molar-refractivity contribution in [2.75, 3.05) is 11.9 Å². The number of amides is 2. The topological polar surface area (TPSA) is 147 Å². The van der Waals surface area contributed by atoms with Crippen LogP contribution in [0.25, 0.3) is 0 Å². The lowest BCUT2D eigenvalue weighted by molar-refractivity contribution is 0.0813. The second kappa shape index (κ2) is 9.95. The summed E-state index contributed by atoms with van der Waals surface area (Å²) in [6.45, 7) is 5.58. The quantitative estimate of drug-likeness (QED) is 0.611. The number of alkyl carbamates (subject to hydrolysis) is 1. The molecular weight excluding hydrogens is 464 g/mol. The Hall–Kier alpha value is -3.22. The van der Waals surface area contributed by atoms with Crippen molar-refractivity contribution in [1.82, 2.24) is 25.3 Å². The maximum atomic E-state index is 12.4. The number of rotatable bonds is 6. The van der Waals surface area contributed by atoms with Crippen molar-refractivity contribution in [2.45, 2.75) is 76.9 Å². The Morgan fingerprint density at radius 2 is 2.03 bits per heavy atom. The number of aromatic nitrogens is 4. The van der Waals surface area contributed by atoms with Crippen molar-refractivity contribution in [2.24, 2.45) is 0 Å². The number of carbonyl (C=O) groups excluding carboxylic acids is 3. The Morgan fingerprint density at radius 1 is 1.24 bits per heavy atom. The number of nitrogens with zero attached hydrogens (tertiary/aromatic N) is 4. The zero-order valence-corrected chi connectivity index (χ0v) is 20.1. The maximum Gasteiger partial charge on any atom is 0.436 e. The van der Waals surface area contributed by atoms with Crippen molar-refractivity contribution in [3.05, 3.63) is 16.8 Å². The predicted molar refractivity (Wildman–Crippen MR) is 121 cm³/mol. The van der Waals surface area contributed by atoms with Crippen LogP contribution in [-0.2, 0) is 9.47 Å². The maximum absolute atomic E-state index is 12.4. The number of hydrogen-bond acceptors (Lipinski definition) is 10.